The van der Waals surface area contributed by atoms with Crippen LogP contribution in [0.5, 0.6) is 0 Å². The van der Waals surface area contributed by atoms with Gasteiger partial charge >= 0.3 is 0 Å². The molecule has 0 spiro atoms. The first kappa shape index (κ1) is 12.2. The molecule has 3 unspecified atom stereocenters. The summed E-state index contributed by atoms with van der Waals surface area (Å²) in [6, 6.07) is 11.4. The Morgan fingerprint density at radius 1 is 1.28 bits per heavy atom. The van der Waals surface area contributed by atoms with Crippen LogP contribution in [0.25, 0.3) is 0 Å². The van der Waals surface area contributed by atoms with Crippen LogP contribution in [0.4, 0.5) is 0 Å². The molecule has 0 saturated heterocycles. The Morgan fingerprint density at radius 2 is 2.00 bits per heavy atom. The highest BCUT2D eigenvalue weighted by atomic mass is 16.5. The van der Waals surface area contributed by atoms with Gasteiger partial charge in [0, 0.05) is 13.2 Å². The van der Waals surface area contributed by atoms with Crippen molar-refractivity contribution in [2.45, 2.75) is 43.2 Å². The van der Waals surface area contributed by atoms with Crippen LogP contribution < -0.4 is 5.32 Å². The lowest BCUT2D eigenvalue weighted by Crippen LogP contribution is -2.56. The molecular weight excluding hydrogens is 222 g/mol. The van der Waals surface area contributed by atoms with E-state index in [4.69, 9.17) is 4.74 Å². The number of methoxy groups -OCH3 is 1. The van der Waals surface area contributed by atoms with E-state index >= 15 is 0 Å². The SMILES string of the molecule is CNC(C1CC1c1ccccc1)C1(OC)CCC1. The van der Waals surface area contributed by atoms with Crippen LogP contribution in [0.2, 0.25) is 0 Å². The van der Waals surface area contributed by atoms with Gasteiger partial charge in [0.05, 0.1) is 5.60 Å². The maximum Gasteiger partial charge on any atom is 0.0833 e. The van der Waals surface area contributed by atoms with Crippen LogP contribution in [0.3, 0.4) is 0 Å². The van der Waals surface area contributed by atoms with E-state index in [2.05, 4.69) is 42.7 Å². The zero-order chi connectivity index (χ0) is 12.6. The fourth-order valence-electron chi connectivity index (χ4n) is 3.70. The van der Waals surface area contributed by atoms with Crippen molar-refractivity contribution < 1.29 is 4.74 Å². The minimum atomic E-state index is 0.114. The summed E-state index contributed by atoms with van der Waals surface area (Å²) in [5, 5.41) is 3.53. The van der Waals surface area contributed by atoms with E-state index in [-0.39, 0.29) is 5.60 Å². The van der Waals surface area contributed by atoms with Crippen molar-refractivity contribution in [2.75, 3.05) is 14.2 Å². The molecule has 0 bridgehead atoms. The lowest BCUT2D eigenvalue weighted by molar-refractivity contribution is -0.102. The Morgan fingerprint density at radius 3 is 2.50 bits per heavy atom. The number of likely N-dealkylation sites (N-methyl/N-ethyl adjacent to an activating group) is 1. The molecule has 0 aromatic heterocycles. The Balaban J connectivity index is 1.72. The summed E-state index contributed by atoms with van der Waals surface area (Å²) in [5.74, 6) is 1.48. The predicted molar refractivity (Wildman–Crippen MR) is 73.7 cm³/mol. The smallest absolute Gasteiger partial charge is 0.0833 e. The molecule has 2 aliphatic carbocycles. The summed E-state index contributed by atoms with van der Waals surface area (Å²) >= 11 is 0. The van der Waals surface area contributed by atoms with Gasteiger partial charge in [-0.05, 0) is 50.1 Å². The van der Waals surface area contributed by atoms with E-state index in [1.807, 2.05) is 7.11 Å². The van der Waals surface area contributed by atoms with Gasteiger partial charge in [-0.15, -0.1) is 0 Å². The van der Waals surface area contributed by atoms with Gasteiger partial charge in [0.1, 0.15) is 0 Å². The first-order valence-electron chi connectivity index (χ1n) is 7.08. The largest absolute Gasteiger partial charge is 0.377 e. The van der Waals surface area contributed by atoms with Crippen LogP contribution in [0.1, 0.15) is 37.2 Å². The normalized spacial score (nSPS) is 30.6. The molecule has 2 heteroatoms. The van der Waals surface area contributed by atoms with Crippen molar-refractivity contribution in [3.63, 3.8) is 0 Å². The van der Waals surface area contributed by atoms with Crippen molar-refractivity contribution in [3.8, 4) is 0 Å². The zero-order valence-corrected chi connectivity index (χ0v) is 11.4. The van der Waals surface area contributed by atoms with E-state index in [0.717, 1.165) is 11.8 Å². The van der Waals surface area contributed by atoms with E-state index in [1.54, 1.807) is 0 Å². The van der Waals surface area contributed by atoms with Gasteiger partial charge in [0.2, 0.25) is 0 Å². The number of nitrogens with one attached hydrogen (secondary N) is 1. The van der Waals surface area contributed by atoms with Crippen LogP contribution in [0.15, 0.2) is 30.3 Å². The highest BCUT2D eigenvalue weighted by molar-refractivity contribution is 5.28. The van der Waals surface area contributed by atoms with Gasteiger partial charge in [-0.2, -0.15) is 0 Å². The molecule has 1 aromatic rings. The quantitative estimate of drug-likeness (QED) is 0.861. The monoisotopic (exact) mass is 245 g/mol. The Kier molecular flexibility index (Phi) is 3.16. The minimum absolute atomic E-state index is 0.114. The molecule has 1 aromatic carbocycles. The van der Waals surface area contributed by atoms with Crippen molar-refractivity contribution in [1.29, 1.82) is 0 Å². The number of rotatable bonds is 5. The molecule has 0 amide bonds. The summed E-state index contributed by atoms with van der Waals surface area (Å²) in [7, 11) is 3.97. The Labute approximate surface area is 110 Å². The third-order valence-corrected chi connectivity index (χ3v) is 4.98. The van der Waals surface area contributed by atoms with Gasteiger partial charge in [-0.3, -0.25) is 0 Å². The van der Waals surface area contributed by atoms with Gasteiger partial charge < -0.3 is 10.1 Å². The highest BCUT2D eigenvalue weighted by Crippen LogP contribution is 2.55. The number of hydrogen-bond acceptors (Lipinski definition) is 2. The standard InChI is InChI=1S/C16H23NO/c1-17-15(16(18-2)9-6-10-16)14-11-13(14)12-7-4-3-5-8-12/h3-5,7-8,13-15,17H,6,9-11H2,1-2H3. The third-order valence-electron chi connectivity index (χ3n) is 4.98. The summed E-state index contributed by atoms with van der Waals surface area (Å²) in [5.41, 5.74) is 1.61. The predicted octanol–water partition coefficient (Wildman–Crippen LogP) is 2.95. The van der Waals surface area contributed by atoms with Gasteiger partial charge in [-0.1, -0.05) is 30.3 Å². The van der Waals surface area contributed by atoms with E-state index < -0.39 is 0 Å². The van der Waals surface area contributed by atoms with Crippen LogP contribution in [-0.4, -0.2) is 25.8 Å². The van der Waals surface area contributed by atoms with E-state index in [9.17, 15) is 0 Å². The molecule has 0 radical (unpaired) electrons. The molecule has 2 fully saturated rings. The van der Waals surface area contributed by atoms with E-state index in [0.29, 0.717) is 6.04 Å². The first-order valence-corrected chi connectivity index (χ1v) is 7.08. The average molecular weight is 245 g/mol. The summed E-state index contributed by atoms with van der Waals surface area (Å²) < 4.78 is 5.85. The second-order valence-corrected chi connectivity index (χ2v) is 5.81. The minimum Gasteiger partial charge on any atom is -0.377 e. The fourth-order valence-corrected chi connectivity index (χ4v) is 3.70. The molecule has 2 saturated carbocycles. The van der Waals surface area contributed by atoms with Crippen LogP contribution >= 0.6 is 0 Å². The number of benzene rings is 1. The molecule has 1 N–H and O–H groups in total. The number of ether oxygens (including phenoxy) is 1. The molecule has 2 aliphatic rings. The van der Waals surface area contributed by atoms with Crippen molar-refractivity contribution in [3.05, 3.63) is 35.9 Å². The average Bonchev–Trinajstić information content (AvgIpc) is 3.14. The molecule has 3 rings (SSSR count). The molecule has 2 nitrogen and oxygen atoms in total. The molecule has 98 valence electrons. The topological polar surface area (TPSA) is 21.3 Å². The fraction of sp³-hybridized carbons (Fsp3) is 0.625. The summed E-state index contributed by atoms with van der Waals surface area (Å²) in [6.45, 7) is 0. The first-order chi connectivity index (χ1) is 8.80. The third kappa shape index (κ3) is 1.88. The van der Waals surface area contributed by atoms with Gasteiger partial charge in [0.25, 0.3) is 0 Å². The summed E-state index contributed by atoms with van der Waals surface area (Å²) in [4.78, 5) is 0. The molecule has 18 heavy (non-hydrogen) atoms. The second kappa shape index (κ2) is 4.67. The maximum atomic E-state index is 5.85. The Bertz CT molecular complexity index is 393. The van der Waals surface area contributed by atoms with E-state index in [1.165, 1.54) is 31.2 Å². The molecular formula is C16H23NO. The van der Waals surface area contributed by atoms with Crippen LogP contribution in [-0.2, 0) is 4.74 Å². The van der Waals surface area contributed by atoms with Crippen molar-refractivity contribution in [1.82, 2.24) is 5.32 Å². The lowest BCUT2D eigenvalue weighted by Gasteiger charge is -2.47. The van der Waals surface area contributed by atoms with Gasteiger partial charge in [-0.25, -0.2) is 0 Å². The van der Waals surface area contributed by atoms with Gasteiger partial charge in [0.15, 0.2) is 0 Å². The highest BCUT2D eigenvalue weighted by Gasteiger charge is 2.54. The van der Waals surface area contributed by atoms with Crippen LogP contribution in [0, 0.1) is 5.92 Å². The molecule has 0 heterocycles. The molecule has 3 atom stereocenters. The van der Waals surface area contributed by atoms with Crippen molar-refractivity contribution >= 4 is 0 Å². The van der Waals surface area contributed by atoms with Crippen molar-refractivity contribution in [2.24, 2.45) is 5.92 Å². The second-order valence-electron chi connectivity index (χ2n) is 5.81. The zero-order valence-electron chi connectivity index (χ0n) is 11.4. The lowest BCUT2D eigenvalue weighted by atomic mass is 9.72. The maximum absolute atomic E-state index is 5.85. The Hall–Kier alpha value is -0.860. The summed E-state index contributed by atoms with van der Waals surface area (Å²) in [6.07, 6.45) is 5.05. The number of hydrogen-bond donors (Lipinski definition) is 1. The molecule has 0 aliphatic heterocycles.